The highest BCUT2D eigenvalue weighted by atomic mass is 16.6. The smallest absolute Gasteiger partial charge is 0.352 e. The number of nitrogens with two attached hydrogens (primary N) is 1. The molecule has 1 fully saturated rings. The first-order valence-corrected chi connectivity index (χ1v) is 6.23. The summed E-state index contributed by atoms with van der Waals surface area (Å²) in [7, 11) is 0. The number of nitro groups is 1. The van der Waals surface area contributed by atoms with E-state index in [1.54, 1.807) is 0 Å². The Bertz CT molecular complexity index is 646. The molecule has 0 amide bonds. The van der Waals surface area contributed by atoms with Crippen LogP contribution < -0.4 is 11.1 Å². The zero-order valence-corrected chi connectivity index (χ0v) is 10.6. The fraction of sp³-hybridized carbons (Fsp3) is 0.231. The molecule has 1 aromatic carbocycles. The van der Waals surface area contributed by atoms with E-state index >= 15 is 0 Å². The van der Waals surface area contributed by atoms with Crippen molar-refractivity contribution in [1.82, 2.24) is 9.97 Å². The SMILES string of the molecule is Nc1ncnc(NC2CC2c2ccccc2)c1[N+](=O)[O-]. The lowest BCUT2D eigenvalue weighted by molar-refractivity contribution is -0.383. The van der Waals surface area contributed by atoms with Crippen molar-refractivity contribution >= 4 is 17.3 Å². The Balaban J connectivity index is 1.78. The van der Waals surface area contributed by atoms with Crippen molar-refractivity contribution in [2.45, 2.75) is 18.4 Å². The fourth-order valence-corrected chi connectivity index (χ4v) is 2.28. The first kappa shape index (κ1) is 12.3. The molecule has 2 atom stereocenters. The van der Waals surface area contributed by atoms with Crippen LogP contribution in [-0.4, -0.2) is 20.9 Å². The zero-order chi connectivity index (χ0) is 14.1. The molecule has 2 aromatic rings. The lowest BCUT2D eigenvalue weighted by Crippen LogP contribution is -2.10. The molecule has 20 heavy (non-hydrogen) atoms. The van der Waals surface area contributed by atoms with Gasteiger partial charge >= 0.3 is 5.69 Å². The molecule has 1 aromatic heterocycles. The van der Waals surface area contributed by atoms with E-state index in [0.717, 1.165) is 6.42 Å². The lowest BCUT2D eigenvalue weighted by Gasteiger charge is -2.06. The third-order valence-electron chi connectivity index (χ3n) is 3.37. The number of anilines is 2. The molecule has 1 saturated carbocycles. The summed E-state index contributed by atoms with van der Waals surface area (Å²) in [5.41, 5.74) is 6.49. The van der Waals surface area contributed by atoms with E-state index in [-0.39, 0.29) is 23.4 Å². The molecular weight excluding hydrogens is 258 g/mol. The van der Waals surface area contributed by atoms with E-state index in [1.165, 1.54) is 11.9 Å². The molecule has 7 heteroatoms. The van der Waals surface area contributed by atoms with Gasteiger partial charge in [-0.15, -0.1) is 0 Å². The molecule has 1 aliphatic carbocycles. The van der Waals surface area contributed by atoms with Gasteiger partial charge in [0.15, 0.2) is 0 Å². The number of hydrogen-bond donors (Lipinski definition) is 2. The molecular formula is C13H13N5O2. The molecule has 1 heterocycles. The van der Waals surface area contributed by atoms with Crippen LogP contribution in [0.1, 0.15) is 17.9 Å². The standard InChI is InChI=1S/C13H13N5O2/c14-12-11(18(19)20)13(16-7-15-12)17-10-6-9(10)8-4-2-1-3-5-8/h1-5,7,9-10H,6H2,(H3,14,15,16,17). The van der Waals surface area contributed by atoms with E-state index in [9.17, 15) is 10.1 Å². The highest BCUT2D eigenvalue weighted by Gasteiger charge is 2.40. The molecule has 7 nitrogen and oxygen atoms in total. The molecule has 0 bridgehead atoms. The third kappa shape index (κ3) is 2.25. The minimum atomic E-state index is -0.558. The highest BCUT2D eigenvalue weighted by molar-refractivity contribution is 5.68. The second-order valence-corrected chi connectivity index (χ2v) is 4.72. The van der Waals surface area contributed by atoms with Crippen molar-refractivity contribution in [2.75, 3.05) is 11.1 Å². The summed E-state index contributed by atoms with van der Waals surface area (Å²) in [6, 6.07) is 10.2. The van der Waals surface area contributed by atoms with E-state index in [0.29, 0.717) is 5.92 Å². The van der Waals surface area contributed by atoms with Gasteiger partial charge in [0.2, 0.25) is 11.6 Å². The normalized spacial score (nSPS) is 20.4. The number of rotatable bonds is 4. The van der Waals surface area contributed by atoms with Gasteiger partial charge in [0.1, 0.15) is 6.33 Å². The van der Waals surface area contributed by atoms with Gasteiger partial charge in [-0.1, -0.05) is 30.3 Å². The largest absolute Gasteiger partial charge is 0.378 e. The number of aromatic nitrogens is 2. The van der Waals surface area contributed by atoms with Gasteiger partial charge < -0.3 is 11.1 Å². The van der Waals surface area contributed by atoms with Crippen molar-refractivity contribution < 1.29 is 4.92 Å². The van der Waals surface area contributed by atoms with Crippen LogP contribution in [0.5, 0.6) is 0 Å². The summed E-state index contributed by atoms with van der Waals surface area (Å²) < 4.78 is 0. The van der Waals surface area contributed by atoms with E-state index in [4.69, 9.17) is 5.73 Å². The van der Waals surface area contributed by atoms with Crippen LogP contribution in [0, 0.1) is 10.1 Å². The number of nitrogen functional groups attached to an aromatic ring is 1. The summed E-state index contributed by atoms with van der Waals surface area (Å²) in [5.74, 6) is 0.419. The summed E-state index contributed by atoms with van der Waals surface area (Å²) >= 11 is 0. The van der Waals surface area contributed by atoms with Gasteiger partial charge in [0.25, 0.3) is 0 Å². The molecule has 3 N–H and O–H groups in total. The highest BCUT2D eigenvalue weighted by Crippen LogP contribution is 2.43. The molecule has 3 rings (SSSR count). The first-order chi connectivity index (χ1) is 9.66. The maximum atomic E-state index is 11.0. The van der Waals surface area contributed by atoms with Gasteiger partial charge in [0, 0.05) is 12.0 Å². The van der Waals surface area contributed by atoms with Gasteiger partial charge in [0.05, 0.1) is 4.92 Å². The van der Waals surface area contributed by atoms with Crippen LogP contribution in [-0.2, 0) is 0 Å². The Kier molecular flexibility index (Phi) is 2.94. The Hall–Kier alpha value is -2.70. The average molecular weight is 271 g/mol. The monoisotopic (exact) mass is 271 g/mol. The van der Waals surface area contributed by atoms with Crippen molar-refractivity contribution in [1.29, 1.82) is 0 Å². The maximum Gasteiger partial charge on any atom is 0.352 e. The minimum absolute atomic E-state index is 0.121. The van der Waals surface area contributed by atoms with Crippen LogP contribution in [0.25, 0.3) is 0 Å². The van der Waals surface area contributed by atoms with Crippen LogP contribution in [0.4, 0.5) is 17.3 Å². The average Bonchev–Trinajstić information content (AvgIpc) is 3.18. The zero-order valence-electron chi connectivity index (χ0n) is 10.6. The molecule has 0 spiro atoms. The van der Waals surface area contributed by atoms with E-state index in [1.807, 2.05) is 18.2 Å². The van der Waals surface area contributed by atoms with Crippen LogP contribution in [0.2, 0.25) is 0 Å². The van der Waals surface area contributed by atoms with E-state index < -0.39 is 4.92 Å². The quantitative estimate of drug-likeness (QED) is 0.650. The van der Waals surface area contributed by atoms with Gasteiger partial charge in [-0.25, -0.2) is 9.97 Å². The summed E-state index contributed by atoms with van der Waals surface area (Å²) in [6.07, 6.45) is 2.15. The van der Waals surface area contributed by atoms with Gasteiger partial charge in [-0.3, -0.25) is 10.1 Å². The van der Waals surface area contributed by atoms with Gasteiger partial charge in [-0.05, 0) is 12.0 Å². The van der Waals surface area contributed by atoms with Gasteiger partial charge in [-0.2, -0.15) is 0 Å². The second-order valence-electron chi connectivity index (χ2n) is 4.72. The Morgan fingerprint density at radius 1 is 1.30 bits per heavy atom. The van der Waals surface area contributed by atoms with Crippen LogP contribution in [0.3, 0.4) is 0 Å². The summed E-state index contributed by atoms with van der Waals surface area (Å²) in [6.45, 7) is 0. The topological polar surface area (TPSA) is 107 Å². The van der Waals surface area contributed by atoms with Crippen molar-refractivity contribution in [3.63, 3.8) is 0 Å². The predicted octanol–water partition coefficient (Wildman–Crippen LogP) is 1.94. The van der Waals surface area contributed by atoms with Crippen molar-refractivity contribution in [2.24, 2.45) is 0 Å². The molecule has 1 aliphatic rings. The van der Waals surface area contributed by atoms with E-state index in [2.05, 4.69) is 27.4 Å². The first-order valence-electron chi connectivity index (χ1n) is 6.23. The Morgan fingerprint density at radius 3 is 2.75 bits per heavy atom. The molecule has 0 aliphatic heterocycles. The predicted molar refractivity (Wildman–Crippen MR) is 74.3 cm³/mol. The molecule has 0 saturated heterocycles. The summed E-state index contributed by atoms with van der Waals surface area (Å²) in [4.78, 5) is 18.0. The van der Waals surface area contributed by atoms with Crippen LogP contribution >= 0.6 is 0 Å². The van der Waals surface area contributed by atoms with Crippen LogP contribution in [0.15, 0.2) is 36.7 Å². The number of benzene rings is 1. The number of hydrogen-bond acceptors (Lipinski definition) is 6. The molecule has 2 unspecified atom stereocenters. The fourth-order valence-electron chi connectivity index (χ4n) is 2.28. The van der Waals surface area contributed by atoms with Crippen molar-refractivity contribution in [3.05, 3.63) is 52.3 Å². The molecule has 102 valence electrons. The molecule has 0 radical (unpaired) electrons. The minimum Gasteiger partial charge on any atom is -0.378 e. The Morgan fingerprint density at radius 2 is 2.05 bits per heavy atom. The lowest BCUT2D eigenvalue weighted by atomic mass is 10.1. The van der Waals surface area contributed by atoms with Crippen molar-refractivity contribution in [3.8, 4) is 0 Å². The number of nitrogens with zero attached hydrogens (tertiary/aromatic N) is 3. The Labute approximate surface area is 115 Å². The maximum absolute atomic E-state index is 11.0. The summed E-state index contributed by atoms with van der Waals surface area (Å²) in [5, 5.41) is 14.1. The second kappa shape index (κ2) is 4.76. The number of nitrogens with one attached hydrogen (secondary N) is 1. The third-order valence-corrected chi connectivity index (χ3v) is 3.37.